The number of benzene rings is 1. The molecule has 0 unspecified atom stereocenters. The predicted octanol–water partition coefficient (Wildman–Crippen LogP) is 1.15. The maximum atomic E-state index is 11.9. The number of aromatic nitrogens is 5. The van der Waals surface area contributed by atoms with E-state index in [4.69, 9.17) is 14.0 Å². The summed E-state index contributed by atoms with van der Waals surface area (Å²) in [5.41, 5.74) is 0.729. The molecule has 0 bridgehead atoms. The smallest absolute Gasteiger partial charge is 0.258 e. The SMILES string of the molecule is O=C(CCCn1cncn1)NCc1noc(-c2ccc3c(c2)OCO3)n1. The molecule has 1 aliphatic heterocycles. The Labute approximate surface area is 148 Å². The van der Waals surface area contributed by atoms with E-state index in [2.05, 4.69) is 25.5 Å². The molecule has 3 aromatic rings. The zero-order valence-corrected chi connectivity index (χ0v) is 13.8. The summed E-state index contributed by atoms with van der Waals surface area (Å²) in [5, 5.41) is 10.6. The van der Waals surface area contributed by atoms with Crippen molar-refractivity contribution in [2.75, 3.05) is 6.79 Å². The first-order valence-electron chi connectivity index (χ1n) is 8.09. The van der Waals surface area contributed by atoms with Gasteiger partial charge in [0.2, 0.25) is 12.7 Å². The number of fused-ring (bicyclic) bond motifs is 1. The fraction of sp³-hybridized carbons (Fsp3) is 0.312. The summed E-state index contributed by atoms with van der Waals surface area (Å²) in [5.74, 6) is 2.01. The van der Waals surface area contributed by atoms with E-state index in [-0.39, 0.29) is 19.2 Å². The topological polar surface area (TPSA) is 117 Å². The quantitative estimate of drug-likeness (QED) is 0.670. The average Bonchev–Trinajstić information content (AvgIpc) is 3.40. The molecule has 1 aromatic carbocycles. The lowest BCUT2D eigenvalue weighted by Gasteiger charge is -2.02. The number of nitrogens with one attached hydrogen (secondary N) is 1. The van der Waals surface area contributed by atoms with Crippen molar-refractivity contribution >= 4 is 5.91 Å². The highest BCUT2D eigenvalue weighted by Crippen LogP contribution is 2.35. The predicted molar refractivity (Wildman–Crippen MR) is 87.0 cm³/mol. The van der Waals surface area contributed by atoms with Gasteiger partial charge < -0.3 is 19.3 Å². The average molecular weight is 356 g/mol. The Bertz CT molecular complexity index is 892. The summed E-state index contributed by atoms with van der Waals surface area (Å²) in [4.78, 5) is 20.0. The van der Waals surface area contributed by atoms with Crippen LogP contribution in [-0.2, 0) is 17.9 Å². The number of hydrogen-bond acceptors (Lipinski definition) is 8. The van der Waals surface area contributed by atoms with E-state index in [9.17, 15) is 4.79 Å². The Morgan fingerprint density at radius 1 is 1.27 bits per heavy atom. The molecule has 0 fully saturated rings. The Hall–Kier alpha value is -3.43. The number of amides is 1. The fourth-order valence-corrected chi connectivity index (χ4v) is 2.49. The van der Waals surface area contributed by atoms with E-state index >= 15 is 0 Å². The van der Waals surface area contributed by atoms with E-state index in [0.717, 1.165) is 5.56 Å². The lowest BCUT2D eigenvalue weighted by Crippen LogP contribution is -2.23. The highest BCUT2D eigenvalue weighted by molar-refractivity contribution is 5.75. The van der Waals surface area contributed by atoms with Crippen molar-refractivity contribution in [3.05, 3.63) is 36.7 Å². The fourth-order valence-electron chi connectivity index (χ4n) is 2.49. The molecule has 2 aromatic heterocycles. The minimum atomic E-state index is -0.0838. The van der Waals surface area contributed by atoms with Gasteiger partial charge in [-0.05, 0) is 24.6 Å². The number of nitrogens with zero attached hydrogens (tertiary/aromatic N) is 5. The van der Waals surface area contributed by atoms with Gasteiger partial charge in [-0.1, -0.05) is 5.16 Å². The van der Waals surface area contributed by atoms with Gasteiger partial charge in [-0.15, -0.1) is 0 Å². The molecule has 4 rings (SSSR count). The molecule has 10 heteroatoms. The van der Waals surface area contributed by atoms with E-state index in [0.29, 0.717) is 42.6 Å². The summed E-state index contributed by atoms with van der Waals surface area (Å²) in [6.45, 7) is 1.05. The summed E-state index contributed by atoms with van der Waals surface area (Å²) in [7, 11) is 0. The summed E-state index contributed by atoms with van der Waals surface area (Å²) >= 11 is 0. The van der Waals surface area contributed by atoms with Gasteiger partial charge in [0.05, 0.1) is 6.54 Å². The van der Waals surface area contributed by atoms with Crippen LogP contribution in [0.5, 0.6) is 11.5 Å². The maximum absolute atomic E-state index is 11.9. The van der Waals surface area contributed by atoms with Crippen LogP contribution in [0.15, 0.2) is 35.4 Å². The molecule has 3 heterocycles. The lowest BCUT2D eigenvalue weighted by molar-refractivity contribution is -0.121. The maximum Gasteiger partial charge on any atom is 0.258 e. The van der Waals surface area contributed by atoms with Gasteiger partial charge in [0.1, 0.15) is 12.7 Å². The largest absolute Gasteiger partial charge is 0.454 e. The molecule has 134 valence electrons. The van der Waals surface area contributed by atoms with Crippen LogP contribution in [0.3, 0.4) is 0 Å². The van der Waals surface area contributed by atoms with Crippen LogP contribution in [0.25, 0.3) is 11.5 Å². The molecular formula is C16H16N6O4. The lowest BCUT2D eigenvalue weighted by atomic mass is 10.2. The first-order chi connectivity index (χ1) is 12.8. The second-order valence-corrected chi connectivity index (χ2v) is 5.62. The molecule has 10 nitrogen and oxygen atoms in total. The zero-order valence-electron chi connectivity index (χ0n) is 13.8. The molecule has 0 aliphatic carbocycles. The van der Waals surface area contributed by atoms with Crippen LogP contribution < -0.4 is 14.8 Å². The van der Waals surface area contributed by atoms with Crippen LogP contribution in [0.1, 0.15) is 18.7 Å². The standard InChI is InChI=1S/C16H16N6O4/c23-15(2-1-5-22-9-17-8-19-22)18-7-14-20-16(26-21-14)11-3-4-12-13(6-11)25-10-24-12/h3-4,6,8-9H,1-2,5,7,10H2,(H,18,23). The van der Waals surface area contributed by atoms with Crippen molar-refractivity contribution in [1.82, 2.24) is 30.2 Å². The van der Waals surface area contributed by atoms with E-state index in [1.54, 1.807) is 23.1 Å². The van der Waals surface area contributed by atoms with Gasteiger partial charge in [0.15, 0.2) is 17.3 Å². The second-order valence-electron chi connectivity index (χ2n) is 5.62. The van der Waals surface area contributed by atoms with Gasteiger partial charge in [0.25, 0.3) is 5.89 Å². The number of ether oxygens (including phenoxy) is 2. The van der Waals surface area contributed by atoms with E-state index in [1.807, 2.05) is 6.07 Å². The minimum absolute atomic E-state index is 0.0838. The number of aryl methyl sites for hydroxylation is 1. The van der Waals surface area contributed by atoms with Crippen molar-refractivity contribution < 1.29 is 18.8 Å². The number of carbonyl (C=O) groups excluding carboxylic acids is 1. The molecule has 0 atom stereocenters. The van der Waals surface area contributed by atoms with E-state index < -0.39 is 0 Å². The van der Waals surface area contributed by atoms with Crippen molar-refractivity contribution in [3.63, 3.8) is 0 Å². The van der Waals surface area contributed by atoms with Crippen LogP contribution in [-0.4, -0.2) is 37.6 Å². The Balaban J connectivity index is 1.27. The Kier molecular flexibility index (Phi) is 4.46. The molecule has 1 aliphatic rings. The Morgan fingerprint density at radius 2 is 2.19 bits per heavy atom. The first-order valence-corrected chi connectivity index (χ1v) is 8.09. The third-order valence-corrected chi connectivity index (χ3v) is 3.79. The van der Waals surface area contributed by atoms with Gasteiger partial charge in [0, 0.05) is 18.5 Å². The first kappa shape index (κ1) is 16.1. The van der Waals surface area contributed by atoms with Crippen molar-refractivity contribution in [2.24, 2.45) is 0 Å². The molecule has 1 N–H and O–H groups in total. The van der Waals surface area contributed by atoms with Crippen LogP contribution in [0, 0.1) is 0 Å². The molecule has 0 saturated heterocycles. The van der Waals surface area contributed by atoms with Crippen LogP contribution >= 0.6 is 0 Å². The molecule has 1 amide bonds. The van der Waals surface area contributed by atoms with Gasteiger partial charge in [-0.25, -0.2) is 4.98 Å². The third kappa shape index (κ3) is 3.63. The van der Waals surface area contributed by atoms with Crippen LogP contribution in [0.4, 0.5) is 0 Å². The highest BCUT2D eigenvalue weighted by Gasteiger charge is 2.17. The highest BCUT2D eigenvalue weighted by atomic mass is 16.7. The second kappa shape index (κ2) is 7.21. The minimum Gasteiger partial charge on any atom is -0.454 e. The number of rotatable bonds is 7. The number of carbonyl (C=O) groups is 1. The normalized spacial score (nSPS) is 12.3. The summed E-state index contributed by atoms with van der Waals surface area (Å²) in [6, 6.07) is 5.38. The zero-order chi connectivity index (χ0) is 17.8. The summed E-state index contributed by atoms with van der Waals surface area (Å²) < 4.78 is 17.5. The van der Waals surface area contributed by atoms with Crippen molar-refractivity contribution in [3.8, 4) is 23.0 Å². The van der Waals surface area contributed by atoms with Crippen molar-refractivity contribution in [2.45, 2.75) is 25.9 Å². The molecular weight excluding hydrogens is 340 g/mol. The summed E-state index contributed by atoms with van der Waals surface area (Å²) in [6.07, 6.45) is 4.14. The van der Waals surface area contributed by atoms with Gasteiger partial charge in [-0.2, -0.15) is 10.1 Å². The monoisotopic (exact) mass is 356 g/mol. The molecule has 0 radical (unpaired) electrons. The molecule has 0 spiro atoms. The third-order valence-electron chi connectivity index (χ3n) is 3.79. The van der Waals surface area contributed by atoms with Gasteiger partial charge in [-0.3, -0.25) is 9.48 Å². The molecule has 0 saturated carbocycles. The van der Waals surface area contributed by atoms with E-state index in [1.165, 1.54) is 6.33 Å². The number of hydrogen-bond donors (Lipinski definition) is 1. The molecule has 26 heavy (non-hydrogen) atoms. The van der Waals surface area contributed by atoms with Gasteiger partial charge >= 0.3 is 0 Å². The Morgan fingerprint density at radius 3 is 3.08 bits per heavy atom. The van der Waals surface area contributed by atoms with Crippen molar-refractivity contribution in [1.29, 1.82) is 0 Å². The van der Waals surface area contributed by atoms with Crippen LogP contribution in [0.2, 0.25) is 0 Å².